The molecule has 0 spiro atoms. The molecule has 14 heavy (non-hydrogen) atoms. The summed E-state index contributed by atoms with van der Waals surface area (Å²) in [6, 6.07) is 3.47. The highest BCUT2D eigenvalue weighted by molar-refractivity contribution is 5.41. The SMILES string of the molecule is Cc1cn2cc(C(N)CO)ccc2n1. The zero-order valence-electron chi connectivity index (χ0n) is 8.01. The molecule has 0 saturated carbocycles. The number of hydrogen-bond acceptors (Lipinski definition) is 3. The summed E-state index contributed by atoms with van der Waals surface area (Å²) in [5, 5.41) is 8.92. The van der Waals surface area contributed by atoms with Crippen molar-refractivity contribution in [3.8, 4) is 0 Å². The number of aromatic nitrogens is 2. The van der Waals surface area contributed by atoms with E-state index in [1.165, 1.54) is 0 Å². The van der Waals surface area contributed by atoms with E-state index in [1.807, 2.05) is 35.9 Å². The fraction of sp³-hybridized carbons (Fsp3) is 0.300. The van der Waals surface area contributed by atoms with E-state index in [0.29, 0.717) is 0 Å². The number of imidazole rings is 1. The number of nitrogens with two attached hydrogens (primary N) is 1. The topological polar surface area (TPSA) is 63.5 Å². The van der Waals surface area contributed by atoms with Crippen molar-refractivity contribution in [1.82, 2.24) is 9.38 Å². The van der Waals surface area contributed by atoms with E-state index in [0.717, 1.165) is 16.9 Å². The van der Waals surface area contributed by atoms with Gasteiger partial charge in [-0.15, -0.1) is 0 Å². The van der Waals surface area contributed by atoms with Gasteiger partial charge in [0.1, 0.15) is 5.65 Å². The number of rotatable bonds is 2. The van der Waals surface area contributed by atoms with Crippen molar-refractivity contribution < 1.29 is 5.11 Å². The fourth-order valence-corrected chi connectivity index (χ4v) is 1.46. The van der Waals surface area contributed by atoms with Crippen LogP contribution < -0.4 is 5.73 Å². The molecule has 0 bridgehead atoms. The lowest BCUT2D eigenvalue weighted by molar-refractivity contribution is 0.268. The number of fused-ring (bicyclic) bond motifs is 1. The molecule has 0 radical (unpaired) electrons. The number of nitrogens with zero attached hydrogens (tertiary/aromatic N) is 2. The van der Waals surface area contributed by atoms with Crippen LogP contribution in [-0.4, -0.2) is 21.1 Å². The highest BCUT2D eigenvalue weighted by atomic mass is 16.3. The minimum absolute atomic E-state index is 0.0425. The van der Waals surface area contributed by atoms with Crippen LogP contribution in [0.2, 0.25) is 0 Å². The zero-order valence-corrected chi connectivity index (χ0v) is 8.01. The van der Waals surface area contributed by atoms with Crippen LogP contribution in [0.5, 0.6) is 0 Å². The van der Waals surface area contributed by atoms with Gasteiger partial charge < -0.3 is 15.2 Å². The Morgan fingerprint density at radius 1 is 1.50 bits per heavy atom. The Hall–Kier alpha value is -1.39. The molecule has 2 rings (SSSR count). The van der Waals surface area contributed by atoms with Crippen LogP contribution in [0.4, 0.5) is 0 Å². The van der Waals surface area contributed by atoms with Crippen molar-refractivity contribution >= 4 is 5.65 Å². The molecule has 0 aliphatic heterocycles. The quantitative estimate of drug-likeness (QED) is 0.732. The smallest absolute Gasteiger partial charge is 0.136 e. The summed E-state index contributed by atoms with van der Waals surface area (Å²) >= 11 is 0. The highest BCUT2D eigenvalue weighted by Gasteiger charge is 2.05. The van der Waals surface area contributed by atoms with Gasteiger partial charge in [0.25, 0.3) is 0 Å². The average Bonchev–Trinajstić information content (AvgIpc) is 2.55. The van der Waals surface area contributed by atoms with Gasteiger partial charge in [0.05, 0.1) is 18.3 Å². The lowest BCUT2D eigenvalue weighted by Gasteiger charge is -2.08. The van der Waals surface area contributed by atoms with E-state index >= 15 is 0 Å². The summed E-state index contributed by atoms with van der Waals surface area (Å²) in [7, 11) is 0. The van der Waals surface area contributed by atoms with Crippen LogP contribution in [0, 0.1) is 6.92 Å². The van der Waals surface area contributed by atoms with Crippen LogP contribution in [0.1, 0.15) is 17.3 Å². The Labute approximate surface area is 82.0 Å². The second-order valence-electron chi connectivity index (χ2n) is 3.40. The molecule has 4 heteroatoms. The number of pyridine rings is 1. The predicted octanol–water partition coefficient (Wildman–Crippen LogP) is 0.635. The Kier molecular flexibility index (Phi) is 2.23. The number of aryl methyl sites for hydroxylation is 1. The Morgan fingerprint density at radius 3 is 3.00 bits per heavy atom. The van der Waals surface area contributed by atoms with E-state index in [4.69, 9.17) is 10.8 Å². The molecule has 0 aliphatic carbocycles. The summed E-state index contributed by atoms with van der Waals surface area (Å²) in [6.07, 6.45) is 3.83. The van der Waals surface area contributed by atoms with Gasteiger partial charge in [0.15, 0.2) is 0 Å². The summed E-state index contributed by atoms with van der Waals surface area (Å²) in [5.41, 5.74) is 8.49. The molecule has 74 valence electrons. The van der Waals surface area contributed by atoms with E-state index < -0.39 is 0 Å². The largest absolute Gasteiger partial charge is 0.394 e. The van der Waals surface area contributed by atoms with Crippen LogP contribution >= 0.6 is 0 Å². The molecule has 1 unspecified atom stereocenters. The fourth-order valence-electron chi connectivity index (χ4n) is 1.46. The molecule has 3 N–H and O–H groups in total. The molecule has 0 aromatic carbocycles. The number of aliphatic hydroxyl groups is 1. The van der Waals surface area contributed by atoms with Gasteiger partial charge in [-0.05, 0) is 18.6 Å². The van der Waals surface area contributed by atoms with Crippen LogP contribution in [0.25, 0.3) is 5.65 Å². The van der Waals surface area contributed by atoms with E-state index in [2.05, 4.69) is 4.98 Å². The predicted molar refractivity (Wildman–Crippen MR) is 53.9 cm³/mol. The standard InChI is InChI=1S/C10H13N3O/c1-7-4-13-5-8(9(11)6-14)2-3-10(13)12-7/h2-5,9,14H,6,11H2,1H3. The molecular formula is C10H13N3O. The number of aliphatic hydroxyl groups excluding tert-OH is 1. The van der Waals surface area contributed by atoms with Crippen molar-refractivity contribution in [2.45, 2.75) is 13.0 Å². The van der Waals surface area contributed by atoms with E-state index in [1.54, 1.807) is 0 Å². The second kappa shape index (κ2) is 3.40. The van der Waals surface area contributed by atoms with Gasteiger partial charge in [-0.3, -0.25) is 0 Å². The van der Waals surface area contributed by atoms with E-state index in [9.17, 15) is 0 Å². The third-order valence-electron chi connectivity index (χ3n) is 2.22. The van der Waals surface area contributed by atoms with Gasteiger partial charge in [-0.1, -0.05) is 6.07 Å². The lowest BCUT2D eigenvalue weighted by atomic mass is 10.1. The van der Waals surface area contributed by atoms with Crippen molar-refractivity contribution in [1.29, 1.82) is 0 Å². The maximum Gasteiger partial charge on any atom is 0.136 e. The van der Waals surface area contributed by atoms with Crippen molar-refractivity contribution in [3.05, 3.63) is 35.8 Å². The first-order chi connectivity index (χ1) is 6.70. The van der Waals surface area contributed by atoms with Gasteiger partial charge in [-0.2, -0.15) is 0 Å². The average molecular weight is 191 g/mol. The molecule has 0 fully saturated rings. The minimum atomic E-state index is -0.317. The van der Waals surface area contributed by atoms with Crippen LogP contribution in [0.3, 0.4) is 0 Å². The zero-order chi connectivity index (χ0) is 10.1. The van der Waals surface area contributed by atoms with Gasteiger partial charge in [0, 0.05) is 12.4 Å². The van der Waals surface area contributed by atoms with Crippen LogP contribution in [-0.2, 0) is 0 Å². The maximum atomic E-state index is 8.92. The second-order valence-corrected chi connectivity index (χ2v) is 3.40. The Bertz CT molecular complexity index is 450. The Balaban J connectivity index is 2.50. The van der Waals surface area contributed by atoms with E-state index in [-0.39, 0.29) is 12.6 Å². The van der Waals surface area contributed by atoms with Gasteiger partial charge >= 0.3 is 0 Å². The molecule has 2 aromatic rings. The first-order valence-corrected chi connectivity index (χ1v) is 4.52. The summed E-state index contributed by atoms with van der Waals surface area (Å²) in [6.45, 7) is 1.90. The summed E-state index contributed by atoms with van der Waals surface area (Å²) < 4.78 is 1.92. The number of hydrogen-bond donors (Lipinski definition) is 2. The maximum absolute atomic E-state index is 8.92. The first kappa shape index (κ1) is 9.18. The lowest BCUT2D eigenvalue weighted by Crippen LogP contribution is -2.14. The highest BCUT2D eigenvalue weighted by Crippen LogP contribution is 2.12. The molecule has 2 aromatic heterocycles. The molecule has 1 atom stereocenters. The molecular weight excluding hydrogens is 178 g/mol. The molecule has 4 nitrogen and oxygen atoms in total. The monoisotopic (exact) mass is 191 g/mol. The van der Waals surface area contributed by atoms with Crippen molar-refractivity contribution in [2.75, 3.05) is 6.61 Å². The third kappa shape index (κ3) is 1.49. The van der Waals surface area contributed by atoms with Gasteiger partial charge in [0.2, 0.25) is 0 Å². The molecule has 2 heterocycles. The first-order valence-electron chi connectivity index (χ1n) is 4.52. The van der Waals surface area contributed by atoms with Gasteiger partial charge in [-0.25, -0.2) is 4.98 Å². The third-order valence-corrected chi connectivity index (χ3v) is 2.22. The minimum Gasteiger partial charge on any atom is -0.394 e. The summed E-state index contributed by atoms with van der Waals surface area (Å²) in [4.78, 5) is 4.30. The normalized spacial score (nSPS) is 13.4. The van der Waals surface area contributed by atoms with Crippen molar-refractivity contribution in [2.24, 2.45) is 5.73 Å². The van der Waals surface area contributed by atoms with Crippen LogP contribution in [0.15, 0.2) is 24.5 Å². The Morgan fingerprint density at radius 2 is 2.29 bits per heavy atom. The summed E-state index contributed by atoms with van der Waals surface area (Å²) in [5.74, 6) is 0. The molecule has 0 saturated heterocycles. The molecule has 0 amide bonds. The van der Waals surface area contributed by atoms with Crippen molar-refractivity contribution in [3.63, 3.8) is 0 Å². The molecule has 0 aliphatic rings.